The third kappa shape index (κ3) is 5.45. The Morgan fingerprint density at radius 2 is 1.97 bits per heavy atom. The number of carbonyl (C=O) groups is 1. The van der Waals surface area contributed by atoms with Gasteiger partial charge in [-0.3, -0.25) is 14.7 Å². The summed E-state index contributed by atoms with van der Waals surface area (Å²) in [5.74, 6) is 0.689. The fraction of sp³-hybridized carbons (Fsp3) is 0.304. The maximum atomic E-state index is 12.3. The molecule has 6 nitrogen and oxygen atoms in total. The molecule has 0 radical (unpaired) electrons. The van der Waals surface area contributed by atoms with Crippen molar-refractivity contribution in [2.24, 2.45) is 0 Å². The van der Waals surface area contributed by atoms with Crippen molar-refractivity contribution < 1.29 is 13.9 Å². The van der Waals surface area contributed by atoms with Crippen LogP contribution in [-0.2, 0) is 13.1 Å². The van der Waals surface area contributed by atoms with Crippen LogP contribution in [0, 0.1) is 0 Å². The first-order valence-electron chi connectivity index (χ1n) is 9.94. The number of furan rings is 1. The van der Waals surface area contributed by atoms with Crippen molar-refractivity contribution in [1.29, 1.82) is 0 Å². The highest BCUT2D eigenvalue weighted by atomic mass is 16.5. The first kappa shape index (κ1) is 19.2. The zero-order valence-electron chi connectivity index (χ0n) is 16.3. The number of nitrogens with zero attached hydrogens (tertiary/aromatic N) is 2. The summed E-state index contributed by atoms with van der Waals surface area (Å²) < 4.78 is 11.3. The number of likely N-dealkylation sites (tertiary alicyclic amines) is 1. The van der Waals surface area contributed by atoms with E-state index in [1.54, 1.807) is 30.9 Å². The van der Waals surface area contributed by atoms with Gasteiger partial charge in [0.25, 0.3) is 5.91 Å². The minimum atomic E-state index is -0.116. The molecular formula is C23H25N3O3. The molecule has 3 aromatic rings. The summed E-state index contributed by atoms with van der Waals surface area (Å²) in [6, 6.07) is 15.0. The molecule has 0 unspecified atom stereocenters. The fourth-order valence-electron chi connectivity index (χ4n) is 3.48. The first-order chi connectivity index (χ1) is 14.3. The molecule has 0 aliphatic carbocycles. The quantitative estimate of drug-likeness (QED) is 0.666. The number of ether oxygens (including phenoxy) is 1. The van der Waals surface area contributed by atoms with E-state index >= 15 is 0 Å². The number of piperidine rings is 1. The van der Waals surface area contributed by atoms with Crippen LogP contribution < -0.4 is 10.1 Å². The largest absolute Gasteiger partial charge is 0.490 e. The van der Waals surface area contributed by atoms with Gasteiger partial charge in [-0.15, -0.1) is 0 Å². The topological polar surface area (TPSA) is 67.6 Å². The van der Waals surface area contributed by atoms with Gasteiger partial charge in [-0.1, -0.05) is 6.07 Å². The van der Waals surface area contributed by atoms with E-state index in [0.29, 0.717) is 12.1 Å². The van der Waals surface area contributed by atoms with Gasteiger partial charge in [-0.05, 0) is 55.3 Å². The van der Waals surface area contributed by atoms with Gasteiger partial charge in [0.05, 0.1) is 24.8 Å². The van der Waals surface area contributed by atoms with Crippen molar-refractivity contribution in [3.63, 3.8) is 0 Å². The summed E-state index contributed by atoms with van der Waals surface area (Å²) in [6.45, 7) is 3.34. The Morgan fingerprint density at radius 1 is 1.14 bits per heavy atom. The number of rotatable bonds is 7. The van der Waals surface area contributed by atoms with E-state index in [0.717, 1.165) is 43.9 Å². The van der Waals surface area contributed by atoms with Crippen molar-refractivity contribution in [2.75, 3.05) is 13.1 Å². The SMILES string of the molecule is O=C(NCc1ccccn1)c1ccc(OC2CCN(Cc3ccoc3)CC2)cc1. The van der Waals surface area contributed by atoms with Gasteiger partial charge in [0.2, 0.25) is 0 Å². The molecule has 0 saturated carbocycles. The predicted octanol–water partition coefficient (Wildman–Crippen LogP) is 3.65. The van der Waals surface area contributed by atoms with Crippen molar-refractivity contribution in [3.05, 3.63) is 84.1 Å². The molecule has 2 aromatic heterocycles. The lowest BCUT2D eigenvalue weighted by atomic mass is 10.1. The number of aromatic nitrogens is 1. The second kappa shape index (κ2) is 9.39. The number of pyridine rings is 1. The van der Waals surface area contributed by atoms with Crippen LogP contribution in [0.4, 0.5) is 0 Å². The van der Waals surface area contributed by atoms with Crippen LogP contribution >= 0.6 is 0 Å². The van der Waals surface area contributed by atoms with Crippen molar-refractivity contribution in [3.8, 4) is 5.75 Å². The van der Waals surface area contributed by atoms with E-state index in [-0.39, 0.29) is 12.0 Å². The molecule has 1 aliphatic rings. The number of hydrogen-bond donors (Lipinski definition) is 1. The Kier molecular flexibility index (Phi) is 6.22. The lowest BCUT2D eigenvalue weighted by Gasteiger charge is -2.31. The highest BCUT2D eigenvalue weighted by Gasteiger charge is 2.21. The lowest BCUT2D eigenvalue weighted by molar-refractivity contribution is 0.0947. The van der Waals surface area contributed by atoms with Crippen molar-refractivity contribution in [1.82, 2.24) is 15.2 Å². The zero-order valence-corrected chi connectivity index (χ0v) is 16.3. The molecule has 29 heavy (non-hydrogen) atoms. The van der Waals surface area contributed by atoms with Gasteiger partial charge in [-0.25, -0.2) is 0 Å². The lowest BCUT2D eigenvalue weighted by Crippen LogP contribution is -2.37. The van der Waals surface area contributed by atoms with Gasteiger partial charge < -0.3 is 14.5 Å². The summed E-state index contributed by atoms with van der Waals surface area (Å²) in [5, 5.41) is 2.88. The van der Waals surface area contributed by atoms with E-state index < -0.39 is 0 Å². The van der Waals surface area contributed by atoms with Gasteiger partial charge >= 0.3 is 0 Å². The fourth-order valence-corrected chi connectivity index (χ4v) is 3.48. The molecule has 0 bridgehead atoms. The molecule has 150 valence electrons. The molecule has 1 N–H and O–H groups in total. The molecule has 1 aromatic carbocycles. The molecular weight excluding hydrogens is 366 g/mol. The van der Waals surface area contributed by atoms with Gasteiger partial charge in [0.15, 0.2) is 0 Å². The average molecular weight is 391 g/mol. The Bertz CT molecular complexity index is 887. The molecule has 0 spiro atoms. The summed E-state index contributed by atoms with van der Waals surface area (Å²) in [4.78, 5) is 18.9. The number of hydrogen-bond acceptors (Lipinski definition) is 5. The summed E-state index contributed by atoms with van der Waals surface area (Å²) in [6.07, 6.45) is 7.42. The molecule has 1 fully saturated rings. The third-order valence-electron chi connectivity index (χ3n) is 5.10. The highest BCUT2D eigenvalue weighted by Crippen LogP contribution is 2.21. The molecule has 3 heterocycles. The third-order valence-corrected chi connectivity index (χ3v) is 5.10. The Hall–Kier alpha value is -3.12. The first-order valence-corrected chi connectivity index (χ1v) is 9.94. The summed E-state index contributed by atoms with van der Waals surface area (Å²) in [5.41, 5.74) is 2.66. The van der Waals surface area contributed by atoms with E-state index in [1.807, 2.05) is 36.4 Å². The van der Waals surface area contributed by atoms with E-state index in [9.17, 15) is 4.79 Å². The molecule has 4 rings (SSSR count). The number of carbonyl (C=O) groups excluding carboxylic acids is 1. The molecule has 6 heteroatoms. The van der Waals surface area contributed by atoms with Crippen LogP contribution in [0.3, 0.4) is 0 Å². The van der Waals surface area contributed by atoms with Crippen molar-refractivity contribution >= 4 is 5.91 Å². The van der Waals surface area contributed by atoms with Crippen LogP contribution in [0.1, 0.15) is 34.5 Å². The molecule has 1 saturated heterocycles. The smallest absolute Gasteiger partial charge is 0.251 e. The van der Waals surface area contributed by atoms with Crippen LogP contribution in [0.15, 0.2) is 71.7 Å². The highest BCUT2D eigenvalue weighted by molar-refractivity contribution is 5.94. The normalized spacial score (nSPS) is 15.2. The van der Waals surface area contributed by atoms with E-state index in [2.05, 4.69) is 15.2 Å². The monoisotopic (exact) mass is 391 g/mol. The van der Waals surface area contributed by atoms with Crippen LogP contribution in [0.5, 0.6) is 5.75 Å². The molecule has 1 aliphatic heterocycles. The average Bonchev–Trinajstić information content (AvgIpc) is 3.28. The van der Waals surface area contributed by atoms with Gasteiger partial charge in [-0.2, -0.15) is 0 Å². The standard InChI is InChI=1S/C23H25N3O3/c27-23(25-15-20-3-1-2-11-24-20)19-4-6-21(7-5-19)29-22-8-12-26(13-9-22)16-18-10-14-28-17-18/h1-7,10-11,14,17,22H,8-9,12-13,15-16H2,(H,25,27). The van der Waals surface area contributed by atoms with Crippen LogP contribution in [0.25, 0.3) is 0 Å². The minimum Gasteiger partial charge on any atom is -0.490 e. The van der Waals surface area contributed by atoms with Crippen LogP contribution in [0.2, 0.25) is 0 Å². The van der Waals surface area contributed by atoms with E-state index in [1.165, 1.54) is 5.56 Å². The Labute approximate surface area is 170 Å². The van der Waals surface area contributed by atoms with Crippen LogP contribution in [-0.4, -0.2) is 35.0 Å². The minimum absolute atomic E-state index is 0.116. The zero-order chi connectivity index (χ0) is 19.9. The maximum Gasteiger partial charge on any atom is 0.251 e. The Morgan fingerprint density at radius 3 is 2.66 bits per heavy atom. The predicted molar refractivity (Wildman–Crippen MR) is 109 cm³/mol. The van der Waals surface area contributed by atoms with Gasteiger partial charge in [0, 0.05) is 37.0 Å². The molecule has 0 atom stereocenters. The second-order valence-corrected chi connectivity index (χ2v) is 7.25. The number of amides is 1. The van der Waals surface area contributed by atoms with Gasteiger partial charge in [0.1, 0.15) is 11.9 Å². The maximum absolute atomic E-state index is 12.3. The number of benzene rings is 1. The molecule has 1 amide bonds. The Balaban J connectivity index is 1.23. The summed E-state index contributed by atoms with van der Waals surface area (Å²) in [7, 11) is 0. The number of nitrogens with one attached hydrogen (secondary N) is 1. The van der Waals surface area contributed by atoms with E-state index in [4.69, 9.17) is 9.15 Å². The second-order valence-electron chi connectivity index (χ2n) is 7.25. The summed E-state index contributed by atoms with van der Waals surface area (Å²) >= 11 is 0. The van der Waals surface area contributed by atoms with Crippen molar-refractivity contribution in [2.45, 2.75) is 32.0 Å².